The number of Topliss-reactive ketones (excluding diaryl/α,β-unsaturated/α-hetero) is 1. The summed E-state index contributed by atoms with van der Waals surface area (Å²) in [7, 11) is 1.79. The Kier molecular flexibility index (Phi) is 3.11. The highest BCUT2D eigenvalue weighted by atomic mass is 32.1. The number of aromatic nitrogens is 3. The van der Waals surface area contributed by atoms with Gasteiger partial charge < -0.3 is 0 Å². The highest BCUT2D eigenvalue weighted by molar-refractivity contribution is 7.11. The Labute approximate surface area is 104 Å². The van der Waals surface area contributed by atoms with Gasteiger partial charge in [0.15, 0.2) is 5.78 Å². The number of hydrogen-bond donors (Lipinski definition) is 0. The lowest BCUT2D eigenvalue weighted by Crippen LogP contribution is -2.09. The maximum Gasteiger partial charge on any atom is 0.187 e. The standard InChI is InChI=1S/C12H15N3OS/c1-7-5-10(15(4)14-7)11(16)6-12-13-8(2)9(3)17-12/h5H,6H2,1-4H3. The first-order valence-electron chi connectivity index (χ1n) is 5.44. The van der Waals surface area contributed by atoms with Crippen molar-refractivity contribution in [2.24, 2.45) is 7.05 Å². The highest BCUT2D eigenvalue weighted by Gasteiger charge is 2.15. The first kappa shape index (κ1) is 12.0. The highest BCUT2D eigenvalue weighted by Crippen LogP contribution is 2.18. The van der Waals surface area contributed by atoms with Crippen LogP contribution in [0.25, 0.3) is 0 Å². The zero-order valence-corrected chi connectivity index (χ0v) is 11.3. The van der Waals surface area contributed by atoms with E-state index in [1.807, 2.05) is 26.8 Å². The molecule has 2 rings (SSSR count). The van der Waals surface area contributed by atoms with E-state index in [-0.39, 0.29) is 5.78 Å². The summed E-state index contributed by atoms with van der Waals surface area (Å²) < 4.78 is 1.63. The van der Waals surface area contributed by atoms with E-state index in [4.69, 9.17) is 0 Å². The Bertz CT molecular complexity index is 549. The van der Waals surface area contributed by atoms with E-state index in [0.29, 0.717) is 12.1 Å². The van der Waals surface area contributed by atoms with Crippen molar-refractivity contribution in [1.29, 1.82) is 0 Å². The van der Waals surface area contributed by atoms with Crippen LogP contribution < -0.4 is 0 Å². The fraction of sp³-hybridized carbons (Fsp3) is 0.417. The van der Waals surface area contributed by atoms with Gasteiger partial charge in [-0.15, -0.1) is 11.3 Å². The van der Waals surface area contributed by atoms with Gasteiger partial charge in [-0.3, -0.25) is 9.48 Å². The molecular formula is C12H15N3OS. The molecule has 2 heterocycles. The molecule has 0 fully saturated rings. The quantitative estimate of drug-likeness (QED) is 0.784. The zero-order chi connectivity index (χ0) is 12.6. The van der Waals surface area contributed by atoms with Crippen molar-refractivity contribution in [2.45, 2.75) is 27.2 Å². The van der Waals surface area contributed by atoms with Gasteiger partial charge in [-0.1, -0.05) is 0 Å². The second-order valence-electron chi connectivity index (χ2n) is 4.14. The third-order valence-corrected chi connectivity index (χ3v) is 3.75. The Morgan fingerprint density at radius 1 is 1.41 bits per heavy atom. The van der Waals surface area contributed by atoms with Crippen molar-refractivity contribution in [3.05, 3.63) is 33.0 Å². The van der Waals surface area contributed by atoms with E-state index in [1.54, 1.807) is 23.1 Å². The molecule has 0 unspecified atom stereocenters. The molecule has 0 aromatic carbocycles. The minimum Gasteiger partial charge on any atom is -0.292 e. The van der Waals surface area contributed by atoms with Crippen LogP contribution >= 0.6 is 11.3 Å². The summed E-state index contributed by atoms with van der Waals surface area (Å²) in [6.45, 7) is 5.87. The van der Waals surface area contributed by atoms with E-state index in [0.717, 1.165) is 16.4 Å². The van der Waals surface area contributed by atoms with E-state index in [2.05, 4.69) is 10.1 Å². The topological polar surface area (TPSA) is 47.8 Å². The van der Waals surface area contributed by atoms with Crippen molar-refractivity contribution in [3.63, 3.8) is 0 Å². The number of aryl methyl sites for hydroxylation is 4. The summed E-state index contributed by atoms with van der Waals surface area (Å²) in [5.41, 5.74) is 2.52. The normalized spacial score (nSPS) is 10.8. The maximum atomic E-state index is 12.1. The number of carbonyl (C=O) groups excluding carboxylic acids is 1. The summed E-state index contributed by atoms with van der Waals surface area (Å²) in [6, 6.07) is 1.82. The number of nitrogens with zero attached hydrogens (tertiary/aromatic N) is 3. The lowest BCUT2D eigenvalue weighted by Gasteiger charge is -1.98. The SMILES string of the molecule is Cc1cc(C(=O)Cc2nc(C)c(C)s2)n(C)n1. The van der Waals surface area contributed by atoms with Crippen molar-refractivity contribution in [2.75, 3.05) is 0 Å². The molecule has 0 atom stereocenters. The average Bonchev–Trinajstić information content (AvgIpc) is 2.71. The summed E-state index contributed by atoms with van der Waals surface area (Å²) in [5, 5.41) is 5.05. The second-order valence-corrected chi connectivity index (χ2v) is 5.43. The van der Waals surface area contributed by atoms with Crippen molar-refractivity contribution < 1.29 is 4.79 Å². The first-order valence-corrected chi connectivity index (χ1v) is 6.25. The summed E-state index contributed by atoms with van der Waals surface area (Å²) in [5.74, 6) is 0.0712. The summed E-state index contributed by atoms with van der Waals surface area (Å²) >= 11 is 1.59. The number of hydrogen-bond acceptors (Lipinski definition) is 4. The first-order chi connectivity index (χ1) is 7.97. The van der Waals surface area contributed by atoms with Crippen LogP contribution in [0.4, 0.5) is 0 Å². The van der Waals surface area contributed by atoms with Crippen LogP contribution in [-0.2, 0) is 13.5 Å². The summed E-state index contributed by atoms with van der Waals surface area (Å²) in [4.78, 5) is 17.6. The van der Waals surface area contributed by atoms with Crippen LogP contribution in [0.3, 0.4) is 0 Å². The van der Waals surface area contributed by atoms with Crippen LogP contribution in [-0.4, -0.2) is 20.5 Å². The van der Waals surface area contributed by atoms with Crippen molar-refractivity contribution in [3.8, 4) is 0 Å². The van der Waals surface area contributed by atoms with Gasteiger partial charge in [-0.05, 0) is 26.8 Å². The van der Waals surface area contributed by atoms with Gasteiger partial charge in [-0.2, -0.15) is 5.10 Å². The van der Waals surface area contributed by atoms with Crippen LogP contribution in [0, 0.1) is 20.8 Å². The molecule has 0 radical (unpaired) electrons. The Morgan fingerprint density at radius 2 is 2.12 bits per heavy atom. The van der Waals surface area contributed by atoms with Crippen LogP contribution in [0.1, 0.15) is 31.8 Å². The molecule has 0 saturated heterocycles. The second kappa shape index (κ2) is 4.41. The zero-order valence-electron chi connectivity index (χ0n) is 10.4. The van der Waals surface area contributed by atoms with Gasteiger partial charge in [0.25, 0.3) is 0 Å². The number of ketones is 1. The Morgan fingerprint density at radius 3 is 2.59 bits per heavy atom. The molecule has 17 heavy (non-hydrogen) atoms. The average molecular weight is 249 g/mol. The molecule has 0 amide bonds. The van der Waals surface area contributed by atoms with Crippen LogP contribution in [0.5, 0.6) is 0 Å². The van der Waals surface area contributed by atoms with E-state index < -0.39 is 0 Å². The van der Waals surface area contributed by atoms with Gasteiger partial charge in [0, 0.05) is 11.9 Å². The molecule has 4 nitrogen and oxygen atoms in total. The van der Waals surface area contributed by atoms with E-state index >= 15 is 0 Å². The molecule has 0 N–H and O–H groups in total. The van der Waals surface area contributed by atoms with Gasteiger partial charge in [-0.25, -0.2) is 4.98 Å². The molecule has 0 spiro atoms. The number of carbonyl (C=O) groups is 1. The van der Waals surface area contributed by atoms with E-state index in [1.165, 1.54) is 4.88 Å². The largest absolute Gasteiger partial charge is 0.292 e. The predicted molar refractivity (Wildman–Crippen MR) is 67.6 cm³/mol. The minimum atomic E-state index is 0.0712. The maximum absolute atomic E-state index is 12.1. The lowest BCUT2D eigenvalue weighted by molar-refractivity contribution is 0.0984. The Balaban J connectivity index is 2.19. The summed E-state index contributed by atoms with van der Waals surface area (Å²) in [6.07, 6.45) is 0.359. The number of rotatable bonds is 3. The third kappa shape index (κ3) is 2.44. The molecule has 2 aromatic heterocycles. The van der Waals surface area contributed by atoms with Crippen molar-refractivity contribution >= 4 is 17.1 Å². The van der Waals surface area contributed by atoms with Gasteiger partial charge in [0.05, 0.1) is 17.8 Å². The fourth-order valence-corrected chi connectivity index (χ4v) is 2.65. The van der Waals surface area contributed by atoms with Crippen LogP contribution in [0.15, 0.2) is 6.07 Å². The van der Waals surface area contributed by atoms with Crippen molar-refractivity contribution in [1.82, 2.24) is 14.8 Å². The van der Waals surface area contributed by atoms with Gasteiger partial charge in [0.1, 0.15) is 10.7 Å². The predicted octanol–water partition coefficient (Wildman–Crippen LogP) is 2.23. The molecular weight excluding hydrogens is 234 g/mol. The fourth-order valence-electron chi connectivity index (χ4n) is 1.71. The molecule has 0 bridgehead atoms. The van der Waals surface area contributed by atoms with Gasteiger partial charge in [0.2, 0.25) is 0 Å². The molecule has 2 aromatic rings. The van der Waals surface area contributed by atoms with Gasteiger partial charge >= 0.3 is 0 Å². The lowest BCUT2D eigenvalue weighted by atomic mass is 10.2. The Hall–Kier alpha value is -1.49. The van der Waals surface area contributed by atoms with E-state index in [9.17, 15) is 4.79 Å². The minimum absolute atomic E-state index is 0.0712. The molecule has 0 aliphatic rings. The smallest absolute Gasteiger partial charge is 0.187 e. The molecule has 0 aliphatic heterocycles. The molecule has 0 aliphatic carbocycles. The molecule has 5 heteroatoms. The number of thiazole rings is 1. The third-order valence-electron chi connectivity index (χ3n) is 2.67. The molecule has 90 valence electrons. The van der Waals surface area contributed by atoms with Crippen LogP contribution in [0.2, 0.25) is 0 Å². The molecule has 0 saturated carbocycles. The monoisotopic (exact) mass is 249 g/mol.